The number of primary amides is 1. The first kappa shape index (κ1) is 18.9. The number of rotatable bonds is 7. The molecule has 0 aliphatic rings. The molecule has 2 aromatic heterocycles. The molecular formula is C20H25N5O2. The molecule has 27 heavy (non-hydrogen) atoms. The molecule has 0 saturated carbocycles. The van der Waals surface area contributed by atoms with Crippen LogP contribution in [0.15, 0.2) is 41.2 Å². The van der Waals surface area contributed by atoms with E-state index in [0.717, 1.165) is 30.5 Å². The van der Waals surface area contributed by atoms with Gasteiger partial charge in [0.1, 0.15) is 5.69 Å². The molecular weight excluding hydrogens is 342 g/mol. The topological polar surface area (TPSA) is 98.2 Å². The van der Waals surface area contributed by atoms with Crippen LogP contribution >= 0.6 is 0 Å². The molecule has 7 heteroatoms. The van der Waals surface area contributed by atoms with Gasteiger partial charge in [0, 0.05) is 30.5 Å². The number of carbonyl (C=O) groups excluding carboxylic acids is 1. The maximum Gasteiger partial charge on any atom is 0.265 e. The van der Waals surface area contributed by atoms with E-state index in [1.54, 1.807) is 6.07 Å². The number of nitrogens with one attached hydrogen (secondary N) is 2. The van der Waals surface area contributed by atoms with E-state index in [9.17, 15) is 9.59 Å². The van der Waals surface area contributed by atoms with E-state index in [0.29, 0.717) is 11.3 Å². The molecule has 0 aliphatic heterocycles. The highest BCUT2D eigenvalue weighted by Crippen LogP contribution is 2.23. The molecule has 0 atom stereocenters. The number of nitrogens with zero attached hydrogens (tertiary/aromatic N) is 2. The zero-order valence-corrected chi connectivity index (χ0v) is 15.9. The summed E-state index contributed by atoms with van der Waals surface area (Å²) in [5, 5.41) is 1.04. The second-order valence-electron chi connectivity index (χ2n) is 7.12. The molecule has 0 saturated heterocycles. The van der Waals surface area contributed by atoms with E-state index in [-0.39, 0.29) is 11.3 Å². The van der Waals surface area contributed by atoms with Crippen LogP contribution in [0, 0.1) is 0 Å². The summed E-state index contributed by atoms with van der Waals surface area (Å²) in [6.45, 7) is 2.86. The second-order valence-corrected chi connectivity index (χ2v) is 7.12. The van der Waals surface area contributed by atoms with Gasteiger partial charge >= 0.3 is 0 Å². The summed E-state index contributed by atoms with van der Waals surface area (Å²) in [7, 11) is 6.24. The van der Waals surface area contributed by atoms with Crippen LogP contribution in [0.1, 0.15) is 16.1 Å². The summed E-state index contributed by atoms with van der Waals surface area (Å²) in [6, 6.07) is 11.3. The second kappa shape index (κ2) is 7.77. The number of hydrogen-bond acceptors (Lipinski definition) is 4. The van der Waals surface area contributed by atoms with Crippen LogP contribution in [0.5, 0.6) is 0 Å². The van der Waals surface area contributed by atoms with E-state index < -0.39 is 5.91 Å². The predicted molar refractivity (Wildman–Crippen MR) is 108 cm³/mol. The maximum absolute atomic E-state index is 12.3. The lowest BCUT2D eigenvalue weighted by atomic mass is 10.1. The Labute approximate surface area is 157 Å². The van der Waals surface area contributed by atoms with Gasteiger partial charge in [0.2, 0.25) is 0 Å². The third-order valence-electron chi connectivity index (χ3n) is 4.53. The molecule has 2 heterocycles. The summed E-state index contributed by atoms with van der Waals surface area (Å²) in [4.78, 5) is 33.7. The SMILES string of the molecule is CN(C)CCN(C)Cc1ccc2[nH]c(-c3ccc(C(N)=O)[nH]c3=O)cc2c1. The molecule has 0 aliphatic carbocycles. The molecule has 3 aromatic rings. The highest BCUT2D eigenvalue weighted by molar-refractivity contribution is 5.91. The lowest BCUT2D eigenvalue weighted by molar-refractivity contribution is 0.0995. The highest BCUT2D eigenvalue weighted by Gasteiger charge is 2.10. The van der Waals surface area contributed by atoms with Crippen molar-refractivity contribution in [2.75, 3.05) is 34.2 Å². The van der Waals surface area contributed by atoms with Gasteiger partial charge in [-0.25, -0.2) is 0 Å². The Kier molecular flexibility index (Phi) is 5.43. The monoisotopic (exact) mass is 367 g/mol. The van der Waals surface area contributed by atoms with Crippen molar-refractivity contribution in [3.63, 3.8) is 0 Å². The molecule has 7 nitrogen and oxygen atoms in total. The Morgan fingerprint density at radius 1 is 1.04 bits per heavy atom. The fourth-order valence-electron chi connectivity index (χ4n) is 3.02. The van der Waals surface area contributed by atoms with Crippen molar-refractivity contribution in [3.05, 3.63) is 58.0 Å². The number of fused-ring (bicyclic) bond motifs is 1. The smallest absolute Gasteiger partial charge is 0.265 e. The van der Waals surface area contributed by atoms with Gasteiger partial charge in [-0.3, -0.25) is 9.59 Å². The Balaban J connectivity index is 1.84. The number of likely N-dealkylation sites (N-methyl/N-ethyl adjacent to an activating group) is 2. The van der Waals surface area contributed by atoms with Crippen molar-refractivity contribution >= 4 is 16.8 Å². The molecule has 1 aromatic carbocycles. The van der Waals surface area contributed by atoms with Crippen LogP contribution in [0.3, 0.4) is 0 Å². The van der Waals surface area contributed by atoms with Crippen LogP contribution < -0.4 is 11.3 Å². The number of amides is 1. The van der Waals surface area contributed by atoms with Crippen molar-refractivity contribution in [2.45, 2.75) is 6.54 Å². The average molecular weight is 367 g/mol. The summed E-state index contributed by atoms with van der Waals surface area (Å²) in [6.07, 6.45) is 0. The summed E-state index contributed by atoms with van der Waals surface area (Å²) in [5.41, 5.74) is 8.32. The Morgan fingerprint density at radius 3 is 2.48 bits per heavy atom. The lowest BCUT2D eigenvalue weighted by Gasteiger charge is -2.19. The molecule has 0 spiro atoms. The van der Waals surface area contributed by atoms with Crippen LogP contribution in [-0.2, 0) is 6.54 Å². The summed E-state index contributed by atoms with van der Waals surface area (Å²) < 4.78 is 0. The predicted octanol–water partition coefficient (Wildman–Crippen LogP) is 1.62. The molecule has 0 bridgehead atoms. The number of nitrogens with two attached hydrogens (primary N) is 1. The van der Waals surface area contributed by atoms with Gasteiger partial charge in [0.15, 0.2) is 0 Å². The molecule has 142 valence electrons. The fourth-order valence-corrected chi connectivity index (χ4v) is 3.02. The first-order valence-electron chi connectivity index (χ1n) is 8.82. The van der Waals surface area contributed by atoms with Gasteiger partial charge in [-0.2, -0.15) is 0 Å². The number of benzene rings is 1. The minimum absolute atomic E-state index is 0.0999. The zero-order valence-electron chi connectivity index (χ0n) is 15.9. The largest absolute Gasteiger partial charge is 0.364 e. The molecule has 3 rings (SSSR count). The molecule has 0 radical (unpaired) electrons. The van der Waals surface area contributed by atoms with Crippen molar-refractivity contribution in [3.8, 4) is 11.3 Å². The number of pyridine rings is 1. The fraction of sp³-hybridized carbons (Fsp3) is 0.300. The third-order valence-corrected chi connectivity index (χ3v) is 4.53. The van der Waals surface area contributed by atoms with E-state index in [2.05, 4.69) is 53.0 Å². The Hall–Kier alpha value is -2.90. The number of hydrogen-bond donors (Lipinski definition) is 3. The molecule has 0 unspecified atom stereocenters. The van der Waals surface area contributed by atoms with Crippen LogP contribution in [0.25, 0.3) is 22.2 Å². The normalized spacial score (nSPS) is 11.6. The van der Waals surface area contributed by atoms with Crippen molar-refractivity contribution in [2.24, 2.45) is 5.73 Å². The van der Waals surface area contributed by atoms with Gasteiger partial charge in [-0.05, 0) is 57.0 Å². The molecule has 1 amide bonds. The highest BCUT2D eigenvalue weighted by atomic mass is 16.1. The van der Waals surface area contributed by atoms with E-state index in [4.69, 9.17) is 5.73 Å². The maximum atomic E-state index is 12.3. The van der Waals surface area contributed by atoms with Crippen molar-refractivity contribution < 1.29 is 4.79 Å². The first-order chi connectivity index (χ1) is 12.8. The number of carbonyl (C=O) groups is 1. The average Bonchev–Trinajstić information content (AvgIpc) is 3.02. The van der Waals surface area contributed by atoms with Gasteiger partial charge in [0.05, 0.1) is 11.3 Å². The van der Waals surface area contributed by atoms with E-state index in [1.165, 1.54) is 11.6 Å². The van der Waals surface area contributed by atoms with Crippen LogP contribution in [-0.4, -0.2) is 59.9 Å². The minimum atomic E-state index is -0.654. The number of aromatic amines is 2. The Bertz CT molecular complexity index is 1020. The van der Waals surface area contributed by atoms with Crippen LogP contribution in [0.2, 0.25) is 0 Å². The lowest BCUT2D eigenvalue weighted by Crippen LogP contribution is -2.28. The van der Waals surface area contributed by atoms with Crippen molar-refractivity contribution in [1.82, 2.24) is 19.8 Å². The Morgan fingerprint density at radius 2 is 1.81 bits per heavy atom. The van der Waals surface area contributed by atoms with Crippen molar-refractivity contribution in [1.29, 1.82) is 0 Å². The summed E-state index contributed by atoms with van der Waals surface area (Å²) in [5.74, 6) is -0.654. The number of H-pyrrole nitrogens is 2. The summed E-state index contributed by atoms with van der Waals surface area (Å²) >= 11 is 0. The minimum Gasteiger partial charge on any atom is -0.364 e. The first-order valence-corrected chi connectivity index (χ1v) is 8.82. The van der Waals surface area contributed by atoms with Crippen LogP contribution in [0.4, 0.5) is 0 Å². The van der Waals surface area contributed by atoms with Gasteiger partial charge in [0.25, 0.3) is 11.5 Å². The molecule has 4 N–H and O–H groups in total. The zero-order chi connectivity index (χ0) is 19.6. The quantitative estimate of drug-likeness (QED) is 0.591. The third kappa shape index (κ3) is 4.45. The van der Waals surface area contributed by atoms with Gasteiger partial charge in [-0.15, -0.1) is 0 Å². The van der Waals surface area contributed by atoms with E-state index >= 15 is 0 Å². The van der Waals surface area contributed by atoms with E-state index in [1.807, 2.05) is 12.1 Å². The van der Waals surface area contributed by atoms with Gasteiger partial charge in [-0.1, -0.05) is 6.07 Å². The molecule has 0 fully saturated rings. The number of aromatic nitrogens is 2. The van der Waals surface area contributed by atoms with Gasteiger partial charge < -0.3 is 25.5 Å². The standard InChI is InChI=1S/C20H25N5O2/c1-24(2)8-9-25(3)12-13-4-6-16-14(10-13)11-18(22-16)15-5-7-17(19(21)26)23-20(15)27/h4-7,10-11,22H,8-9,12H2,1-3H3,(H2,21,26)(H,23,27).